The van der Waals surface area contributed by atoms with Crippen LogP contribution in [0, 0.1) is 0 Å². The molecule has 1 heterocycles. The Labute approximate surface area is 54.5 Å². The molecule has 4 heteroatoms. The minimum absolute atomic E-state index is 0.0285. The Kier molecular flexibility index (Phi) is 1.55. The van der Waals surface area contributed by atoms with Gasteiger partial charge in [0.05, 0.1) is 0 Å². The SMILES string of the molecule is [B]C1=NOC(C(C)=O)C1. The zero-order valence-corrected chi connectivity index (χ0v) is 5.13. The summed E-state index contributed by atoms with van der Waals surface area (Å²) >= 11 is 0. The second kappa shape index (κ2) is 2.21. The number of oxime groups is 1. The van der Waals surface area contributed by atoms with E-state index in [1.807, 2.05) is 0 Å². The maximum absolute atomic E-state index is 10.5. The molecule has 1 aliphatic heterocycles. The number of ketones is 1. The Hall–Kier alpha value is -0.795. The van der Waals surface area contributed by atoms with Crippen LogP contribution >= 0.6 is 0 Å². The maximum Gasteiger partial charge on any atom is 0.189 e. The van der Waals surface area contributed by atoms with Crippen LogP contribution < -0.4 is 0 Å². The monoisotopic (exact) mass is 123 g/mol. The van der Waals surface area contributed by atoms with E-state index in [4.69, 9.17) is 7.85 Å². The maximum atomic E-state index is 10.5. The first-order chi connectivity index (χ1) is 4.20. The molecule has 0 aromatic heterocycles. The second-order valence-corrected chi connectivity index (χ2v) is 1.99. The molecule has 0 amide bonds. The van der Waals surface area contributed by atoms with Crippen molar-refractivity contribution in [3.8, 4) is 0 Å². The first kappa shape index (κ1) is 6.33. The predicted octanol–water partition coefficient (Wildman–Crippen LogP) is -0.154. The molecule has 46 valence electrons. The molecule has 1 unspecified atom stereocenters. The fourth-order valence-electron chi connectivity index (χ4n) is 0.614. The van der Waals surface area contributed by atoms with Crippen LogP contribution in [0.2, 0.25) is 0 Å². The summed E-state index contributed by atoms with van der Waals surface area (Å²) in [7, 11) is 5.24. The van der Waals surface area contributed by atoms with Crippen LogP contribution in [-0.2, 0) is 9.63 Å². The molecular formula is C5H6BNO2. The summed E-state index contributed by atoms with van der Waals surface area (Å²) in [6.45, 7) is 1.46. The van der Waals surface area contributed by atoms with Gasteiger partial charge in [0.1, 0.15) is 7.85 Å². The summed E-state index contributed by atoms with van der Waals surface area (Å²) in [6.07, 6.45) is 0.0139. The third kappa shape index (κ3) is 1.31. The Balaban J connectivity index is 2.47. The minimum Gasteiger partial charge on any atom is -0.385 e. The van der Waals surface area contributed by atoms with E-state index in [1.54, 1.807) is 0 Å². The molecule has 2 radical (unpaired) electrons. The number of Topliss-reactive ketones (excluding diaryl/α,β-unsaturated/α-hetero) is 1. The molecule has 0 saturated carbocycles. The first-order valence-corrected chi connectivity index (χ1v) is 2.69. The molecule has 0 aliphatic carbocycles. The molecular weight excluding hydrogens is 117 g/mol. The standard InChI is InChI=1S/C5H6BNO2/c1-3(8)4-2-5(6)7-9-4/h4H,2H2,1H3. The molecule has 0 fully saturated rings. The third-order valence-corrected chi connectivity index (χ3v) is 1.15. The van der Waals surface area contributed by atoms with Gasteiger partial charge in [-0.05, 0) is 6.92 Å². The molecule has 0 N–H and O–H groups in total. The summed E-state index contributed by atoms with van der Waals surface area (Å²) in [5.41, 5.74) is 0.398. The van der Waals surface area contributed by atoms with E-state index in [9.17, 15) is 4.79 Å². The van der Waals surface area contributed by atoms with Crippen molar-refractivity contribution in [3.63, 3.8) is 0 Å². The van der Waals surface area contributed by atoms with Gasteiger partial charge in [0.2, 0.25) is 0 Å². The largest absolute Gasteiger partial charge is 0.385 e. The van der Waals surface area contributed by atoms with Crippen LogP contribution in [0.5, 0.6) is 0 Å². The highest BCUT2D eigenvalue weighted by Crippen LogP contribution is 2.08. The van der Waals surface area contributed by atoms with Crippen molar-refractivity contribution in [2.75, 3.05) is 0 Å². The summed E-state index contributed by atoms with van der Waals surface area (Å²) < 4.78 is 0. The van der Waals surface area contributed by atoms with Crippen molar-refractivity contribution in [1.29, 1.82) is 0 Å². The molecule has 1 rings (SSSR count). The van der Waals surface area contributed by atoms with Crippen molar-refractivity contribution >= 4 is 19.2 Å². The average Bonchev–Trinajstić information content (AvgIpc) is 2.14. The lowest BCUT2D eigenvalue weighted by molar-refractivity contribution is -0.126. The lowest BCUT2D eigenvalue weighted by Gasteiger charge is -1.99. The number of hydrogen-bond donors (Lipinski definition) is 0. The number of carbonyl (C=O) groups excluding carboxylic acids is 1. The lowest BCUT2D eigenvalue weighted by atomic mass is 9.95. The zero-order chi connectivity index (χ0) is 6.85. The average molecular weight is 123 g/mol. The van der Waals surface area contributed by atoms with Gasteiger partial charge in [-0.2, -0.15) is 0 Å². The van der Waals surface area contributed by atoms with E-state index in [0.717, 1.165) is 0 Å². The van der Waals surface area contributed by atoms with Gasteiger partial charge in [-0.3, -0.25) is 4.79 Å². The van der Waals surface area contributed by atoms with Gasteiger partial charge in [-0.15, -0.1) is 5.16 Å². The van der Waals surface area contributed by atoms with Crippen molar-refractivity contribution in [3.05, 3.63) is 0 Å². The molecule has 9 heavy (non-hydrogen) atoms. The van der Waals surface area contributed by atoms with Gasteiger partial charge in [-0.1, -0.05) is 0 Å². The fourth-order valence-corrected chi connectivity index (χ4v) is 0.614. The van der Waals surface area contributed by atoms with E-state index in [2.05, 4.69) is 9.99 Å². The lowest BCUT2D eigenvalue weighted by Crippen LogP contribution is -2.17. The summed E-state index contributed by atoms with van der Waals surface area (Å²) in [5.74, 6) is -0.0285. The summed E-state index contributed by atoms with van der Waals surface area (Å²) in [6, 6.07) is 0. The van der Waals surface area contributed by atoms with Crippen molar-refractivity contribution in [2.24, 2.45) is 5.16 Å². The molecule has 0 spiro atoms. The quantitative estimate of drug-likeness (QED) is 0.454. The molecule has 1 atom stereocenters. The van der Waals surface area contributed by atoms with Gasteiger partial charge in [0.25, 0.3) is 0 Å². The Morgan fingerprint density at radius 2 is 2.67 bits per heavy atom. The highest BCUT2D eigenvalue weighted by molar-refractivity contribution is 6.60. The molecule has 1 aliphatic rings. The first-order valence-electron chi connectivity index (χ1n) is 2.69. The predicted molar refractivity (Wildman–Crippen MR) is 33.4 cm³/mol. The van der Waals surface area contributed by atoms with Crippen LogP contribution in [-0.4, -0.2) is 25.3 Å². The highest BCUT2D eigenvalue weighted by atomic mass is 16.6. The van der Waals surface area contributed by atoms with Gasteiger partial charge in [0, 0.05) is 12.0 Å². The Bertz CT molecular complexity index is 166. The zero-order valence-electron chi connectivity index (χ0n) is 5.13. The molecule has 0 saturated heterocycles. The van der Waals surface area contributed by atoms with Crippen molar-refractivity contribution < 1.29 is 9.63 Å². The van der Waals surface area contributed by atoms with Crippen molar-refractivity contribution in [2.45, 2.75) is 19.4 Å². The van der Waals surface area contributed by atoms with Crippen LogP contribution in [0.25, 0.3) is 0 Å². The van der Waals surface area contributed by atoms with E-state index in [1.165, 1.54) is 6.92 Å². The molecule has 3 nitrogen and oxygen atoms in total. The van der Waals surface area contributed by atoms with Gasteiger partial charge < -0.3 is 4.84 Å². The van der Waals surface area contributed by atoms with Crippen molar-refractivity contribution in [1.82, 2.24) is 0 Å². The van der Waals surface area contributed by atoms with E-state index >= 15 is 0 Å². The van der Waals surface area contributed by atoms with Gasteiger partial charge >= 0.3 is 0 Å². The molecule has 0 aromatic carbocycles. The minimum atomic E-state index is -0.426. The topological polar surface area (TPSA) is 38.7 Å². The van der Waals surface area contributed by atoms with Crippen LogP contribution in [0.4, 0.5) is 0 Å². The highest BCUT2D eigenvalue weighted by Gasteiger charge is 2.21. The fraction of sp³-hybridized carbons (Fsp3) is 0.600. The van der Waals surface area contributed by atoms with Crippen LogP contribution in [0.1, 0.15) is 13.3 Å². The van der Waals surface area contributed by atoms with Crippen LogP contribution in [0.15, 0.2) is 5.16 Å². The number of hydrogen-bond acceptors (Lipinski definition) is 3. The third-order valence-electron chi connectivity index (χ3n) is 1.15. The van der Waals surface area contributed by atoms with E-state index < -0.39 is 6.10 Å². The van der Waals surface area contributed by atoms with Gasteiger partial charge in [-0.25, -0.2) is 0 Å². The van der Waals surface area contributed by atoms with Crippen LogP contribution in [0.3, 0.4) is 0 Å². The summed E-state index contributed by atoms with van der Waals surface area (Å²) in [5, 5.41) is 3.41. The second-order valence-electron chi connectivity index (χ2n) is 1.99. The van der Waals surface area contributed by atoms with E-state index in [0.29, 0.717) is 12.0 Å². The molecule has 0 aromatic rings. The number of rotatable bonds is 1. The molecule has 0 bridgehead atoms. The van der Waals surface area contributed by atoms with Gasteiger partial charge in [0.15, 0.2) is 11.9 Å². The Morgan fingerprint density at radius 1 is 2.00 bits per heavy atom. The number of nitrogens with zero attached hydrogens (tertiary/aromatic N) is 1. The van der Waals surface area contributed by atoms with E-state index in [-0.39, 0.29) is 5.78 Å². The normalized spacial score (nSPS) is 25.0. The number of carbonyl (C=O) groups is 1. The summed E-state index contributed by atoms with van der Waals surface area (Å²) in [4.78, 5) is 15.2. The smallest absolute Gasteiger partial charge is 0.189 e. The Morgan fingerprint density at radius 3 is 2.89 bits per heavy atom.